The van der Waals surface area contributed by atoms with Crippen LogP contribution in [0.1, 0.15) is 38.4 Å². The largest absolute Gasteiger partial charge is 0.356 e. The van der Waals surface area contributed by atoms with Gasteiger partial charge in [0.25, 0.3) is 0 Å². The fraction of sp³-hybridized carbons (Fsp3) is 0.688. The normalized spacial score (nSPS) is 19.4. The Hall–Kier alpha value is -0.740. The highest BCUT2D eigenvalue weighted by Gasteiger charge is 2.23. The highest BCUT2D eigenvalue weighted by molar-refractivity contribution is 7.99. The first-order chi connectivity index (χ1) is 9.41. The Morgan fingerprint density at radius 1 is 1.40 bits per heavy atom. The smallest absolute Gasteiger partial charge is 0.129 e. The number of hydrogen-bond acceptors (Lipinski definition) is 4. The van der Waals surface area contributed by atoms with Gasteiger partial charge < -0.3 is 10.2 Å². The van der Waals surface area contributed by atoms with Crippen LogP contribution in [0.25, 0.3) is 0 Å². The summed E-state index contributed by atoms with van der Waals surface area (Å²) >= 11 is 2.05. The van der Waals surface area contributed by atoms with Gasteiger partial charge in [-0.25, -0.2) is 4.98 Å². The molecule has 3 nitrogen and oxygen atoms in total. The van der Waals surface area contributed by atoms with E-state index in [0.717, 1.165) is 12.4 Å². The number of hydrogen-bond donors (Lipinski definition) is 1. The average molecular weight is 293 g/mol. The number of anilines is 1. The molecular formula is C16H27N3S. The van der Waals surface area contributed by atoms with E-state index in [1.54, 1.807) is 0 Å². The van der Waals surface area contributed by atoms with Gasteiger partial charge in [-0.05, 0) is 36.9 Å². The summed E-state index contributed by atoms with van der Waals surface area (Å²) in [6.45, 7) is 7.58. The van der Waals surface area contributed by atoms with E-state index in [1.165, 1.54) is 29.2 Å². The summed E-state index contributed by atoms with van der Waals surface area (Å²) in [5.41, 5.74) is 2.58. The first kappa shape index (κ1) is 15.6. The van der Waals surface area contributed by atoms with Crippen molar-refractivity contribution in [2.45, 2.75) is 45.2 Å². The standard InChI is InChI=1S/C16H27N3S/c1-16(2,3)14-8-12(10-17-4)9-15(18-14)19(5)13-6-7-20-11-13/h8-9,13,17H,6-7,10-11H2,1-5H3. The Morgan fingerprint density at radius 3 is 2.70 bits per heavy atom. The molecule has 1 aliphatic rings. The molecule has 1 fully saturated rings. The third kappa shape index (κ3) is 3.67. The van der Waals surface area contributed by atoms with Crippen LogP contribution in [0, 0.1) is 0 Å². The molecule has 2 rings (SSSR count). The quantitative estimate of drug-likeness (QED) is 0.923. The zero-order valence-electron chi connectivity index (χ0n) is 13.4. The molecule has 0 radical (unpaired) electrons. The zero-order valence-corrected chi connectivity index (χ0v) is 14.2. The maximum Gasteiger partial charge on any atom is 0.129 e. The number of nitrogens with one attached hydrogen (secondary N) is 1. The van der Waals surface area contributed by atoms with E-state index in [4.69, 9.17) is 4.98 Å². The van der Waals surface area contributed by atoms with Crippen molar-refractivity contribution in [3.63, 3.8) is 0 Å². The summed E-state index contributed by atoms with van der Waals surface area (Å²) in [6, 6.07) is 5.09. The van der Waals surface area contributed by atoms with E-state index in [9.17, 15) is 0 Å². The van der Waals surface area contributed by atoms with E-state index in [0.29, 0.717) is 6.04 Å². The summed E-state index contributed by atoms with van der Waals surface area (Å²) in [6.07, 6.45) is 1.27. The van der Waals surface area contributed by atoms with Crippen LogP contribution in [0.3, 0.4) is 0 Å². The van der Waals surface area contributed by atoms with Crippen molar-refractivity contribution in [1.29, 1.82) is 0 Å². The van der Waals surface area contributed by atoms with Crippen LogP contribution in [-0.4, -0.2) is 36.6 Å². The predicted octanol–water partition coefficient (Wildman–Crippen LogP) is 3.04. The summed E-state index contributed by atoms with van der Waals surface area (Å²) in [7, 11) is 4.18. The molecule has 1 aromatic rings. The van der Waals surface area contributed by atoms with Crippen LogP contribution in [0.2, 0.25) is 0 Å². The molecule has 1 aliphatic heterocycles. The topological polar surface area (TPSA) is 28.2 Å². The van der Waals surface area contributed by atoms with Gasteiger partial charge in [0.2, 0.25) is 0 Å². The lowest BCUT2D eigenvalue weighted by atomic mass is 9.90. The van der Waals surface area contributed by atoms with Crippen LogP contribution < -0.4 is 10.2 Å². The Bertz CT molecular complexity index is 448. The zero-order chi connectivity index (χ0) is 14.8. The summed E-state index contributed by atoms with van der Waals surface area (Å²) in [4.78, 5) is 7.29. The maximum atomic E-state index is 4.92. The van der Waals surface area contributed by atoms with E-state index in [-0.39, 0.29) is 5.41 Å². The number of aromatic nitrogens is 1. The summed E-state index contributed by atoms with van der Waals surface area (Å²) < 4.78 is 0. The first-order valence-corrected chi connectivity index (χ1v) is 8.54. The van der Waals surface area contributed by atoms with Crippen molar-refractivity contribution in [3.05, 3.63) is 23.4 Å². The van der Waals surface area contributed by atoms with Crippen LogP contribution in [0.15, 0.2) is 12.1 Å². The molecule has 0 bridgehead atoms. The van der Waals surface area contributed by atoms with Crippen LogP contribution >= 0.6 is 11.8 Å². The highest BCUT2D eigenvalue weighted by Crippen LogP contribution is 2.28. The molecule has 0 saturated carbocycles. The van der Waals surface area contributed by atoms with Gasteiger partial charge in [-0.1, -0.05) is 20.8 Å². The van der Waals surface area contributed by atoms with Crippen LogP contribution in [-0.2, 0) is 12.0 Å². The van der Waals surface area contributed by atoms with Crippen molar-refractivity contribution in [2.75, 3.05) is 30.5 Å². The number of thioether (sulfide) groups is 1. The lowest BCUT2D eigenvalue weighted by molar-refractivity contribution is 0.564. The molecule has 0 amide bonds. The molecule has 1 saturated heterocycles. The summed E-state index contributed by atoms with van der Waals surface area (Å²) in [5.74, 6) is 3.62. The van der Waals surface area contributed by atoms with Gasteiger partial charge in [-0.2, -0.15) is 11.8 Å². The van der Waals surface area contributed by atoms with Gasteiger partial charge in [0, 0.05) is 36.5 Å². The maximum absolute atomic E-state index is 4.92. The van der Waals surface area contributed by atoms with Gasteiger partial charge in [-0.15, -0.1) is 0 Å². The van der Waals surface area contributed by atoms with E-state index >= 15 is 0 Å². The van der Waals surface area contributed by atoms with Gasteiger partial charge in [0.15, 0.2) is 0 Å². The van der Waals surface area contributed by atoms with Crippen LogP contribution in [0.4, 0.5) is 5.82 Å². The van der Waals surface area contributed by atoms with Gasteiger partial charge in [0.05, 0.1) is 0 Å². The second-order valence-electron chi connectivity index (χ2n) is 6.63. The highest BCUT2D eigenvalue weighted by atomic mass is 32.2. The third-order valence-electron chi connectivity index (χ3n) is 3.84. The predicted molar refractivity (Wildman–Crippen MR) is 89.8 cm³/mol. The monoisotopic (exact) mass is 293 g/mol. The molecule has 1 unspecified atom stereocenters. The molecule has 1 atom stereocenters. The van der Waals surface area contributed by atoms with Gasteiger partial charge in [0.1, 0.15) is 5.82 Å². The van der Waals surface area contributed by atoms with Gasteiger partial charge in [-0.3, -0.25) is 0 Å². The molecule has 1 N–H and O–H groups in total. The Labute approximate surface area is 127 Å². The van der Waals surface area contributed by atoms with E-state index < -0.39 is 0 Å². The summed E-state index contributed by atoms with van der Waals surface area (Å²) in [5, 5.41) is 3.25. The fourth-order valence-corrected chi connectivity index (χ4v) is 3.72. The average Bonchev–Trinajstić information content (AvgIpc) is 2.90. The minimum Gasteiger partial charge on any atom is -0.356 e. The molecule has 0 spiro atoms. The molecule has 20 heavy (non-hydrogen) atoms. The van der Waals surface area contributed by atoms with Crippen molar-refractivity contribution >= 4 is 17.6 Å². The van der Waals surface area contributed by atoms with Crippen molar-refractivity contribution in [1.82, 2.24) is 10.3 Å². The number of rotatable bonds is 4. The Kier molecular flexibility index (Phi) is 4.97. The van der Waals surface area contributed by atoms with Crippen molar-refractivity contribution in [3.8, 4) is 0 Å². The molecule has 0 aromatic carbocycles. The molecule has 112 valence electrons. The molecule has 2 heterocycles. The molecular weight excluding hydrogens is 266 g/mol. The third-order valence-corrected chi connectivity index (χ3v) is 4.98. The SMILES string of the molecule is CNCc1cc(N(C)C2CCSC2)nc(C(C)(C)C)c1. The van der Waals surface area contributed by atoms with Gasteiger partial charge >= 0.3 is 0 Å². The number of pyridine rings is 1. The minimum absolute atomic E-state index is 0.0871. The number of nitrogens with zero attached hydrogens (tertiary/aromatic N) is 2. The van der Waals surface area contributed by atoms with E-state index in [2.05, 4.69) is 50.2 Å². The second-order valence-corrected chi connectivity index (χ2v) is 7.78. The lowest BCUT2D eigenvalue weighted by Crippen LogP contribution is -2.32. The van der Waals surface area contributed by atoms with Crippen molar-refractivity contribution < 1.29 is 0 Å². The van der Waals surface area contributed by atoms with Crippen molar-refractivity contribution in [2.24, 2.45) is 0 Å². The van der Waals surface area contributed by atoms with Crippen LogP contribution in [0.5, 0.6) is 0 Å². The molecule has 1 aromatic heterocycles. The lowest BCUT2D eigenvalue weighted by Gasteiger charge is -2.28. The Balaban J connectivity index is 2.32. The first-order valence-electron chi connectivity index (χ1n) is 7.38. The molecule has 4 heteroatoms. The van der Waals surface area contributed by atoms with E-state index in [1.807, 2.05) is 18.8 Å². The second kappa shape index (κ2) is 6.35. The minimum atomic E-state index is 0.0871. The molecule has 0 aliphatic carbocycles. The fourth-order valence-electron chi connectivity index (χ4n) is 2.46. The Morgan fingerprint density at radius 2 is 2.15 bits per heavy atom.